The fourth-order valence-electron chi connectivity index (χ4n) is 7.04. The van der Waals surface area contributed by atoms with E-state index in [1.807, 2.05) is 18.2 Å². The molecule has 1 atom stereocenters. The Bertz CT molecular complexity index is 1980. The molecular weight excluding hydrogens is 606 g/mol. The highest BCUT2D eigenvalue weighted by Gasteiger charge is 2.33. The summed E-state index contributed by atoms with van der Waals surface area (Å²) in [6.45, 7) is 9.48. The Hall–Kier alpha value is -5.20. The minimum absolute atomic E-state index is 0.288. The minimum atomic E-state index is -0.288. The summed E-state index contributed by atoms with van der Waals surface area (Å²) in [6, 6.07) is 13.2. The Balaban J connectivity index is 1.18. The molecule has 2 aromatic carbocycles. The predicted octanol–water partition coefficient (Wildman–Crippen LogP) is 5.40. The van der Waals surface area contributed by atoms with Crippen molar-refractivity contribution in [3.05, 3.63) is 73.9 Å². The van der Waals surface area contributed by atoms with E-state index in [1.54, 1.807) is 25.8 Å². The van der Waals surface area contributed by atoms with Gasteiger partial charge in [0.05, 0.1) is 41.6 Å². The monoisotopic (exact) mass is 645 g/mol. The number of aromatic nitrogens is 4. The number of likely N-dealkylation sites (N-methyl/N-ethyl adjacent to an activating group) is 1. The molecule has 246 valence electrons. The normalized spacial score (nSPS) is 18.5. The number of carbonyl (C=O) groups excluding carboxylic acids is 1. The molecule has 0 spiro atoms. The van der Waals surface area contributed by atoms with Gasteiger partial charge in [0.2, 0.25) is 17.7 Å². The van der Waals surface area contributed by atoms with Crippen molar-refractivity contribution in [2.24, 2.45) is 0 Å². The zero-order chi connectivity index (χ0) is 32.8. The van der Waals surface area contributed by atoms with Gasteiger partial charge in [-0.2, -0.15) is 0 Å². The van der Waals surface area contributed by atoms with Crippen LogP contribution in [-0.2, 0) is 4.79 Å². The van der Waals surface area contributed by atoms with Crippen LogP contribution in [0.4, 0.5) is 23.0 Å². The number of hydrogen-bond acceptors (Lipinski definition) is 10. The molecule has 3 aromatic heterocycles. The first-order chi connectivity index (χ1) is 23.5. The topological polar surface area (TPSA) is 117 Å². The fraction of sp³-hybridized carbons (Fsp3) is 0.333. The third kappa shape index (κ3) is 5.67. The molecule has 5 heterocycles. The molecule has 3 aliphatic rings. The zero-order valence-electron chi connectivity index (χ0n) is 27.2. The van der Waals surface area contributed by atoms with Crippen molar-refractivity contribution in [2.45, 2.75) is 24.9 Å². The Kier molecular flexibility index (Phi) is 7.81. The number of nitrogens with zero attached hydrogens (tertiary/aromatic N) is 7. The van der Waals surface area contributed by atoms with E-state index in [4.69, 9.17) is 14.1 Å². The highest BCUT2D eigenvalue weighted by molar-refractivity contribution is 6.02. The third-order valence-corrected chi connectivity index (χ3v) is 9.63. The molecule has 2 N–H and O–H groups in total. The van der Waals surface area contributed by atoms with Crippen LogP contribution in [0.5, 0.6) is 5.75 Å². The molecule has 3 fully saturated rings. The lowest BCUT2D eigenvalue weighted by atomic mass is 10.1. The van der Waals surface area contributed by atoms with Crippen molar-refractivity contribution >= 4 is 39.8 Å². The number of rotatable bonds is 9. The van der Waals surface area contributed by atoms with E-state index in [0.717, 1.165) is 68.7 Å². The highest BCUT2D eigenvalue weighted by atomic mass is 16.5. The Morgan fingerprint density at radius 2 is 1.90 bits per heavy atom. The summed E-state index contributed by atoms with van der Waals surface area (Å²) in [7, 11) is 3.82. The Morgan fingerprint density at radius 3 is 2.69 bits per heavy atom. The van der Waals surface area contributed by atoms with Crippen LogP contribution in [0.15, 0.2) is 78.3 Å². The summed E-state index contributed by atoms with van der Waals surface area (Å²) in [6.07, 6.45) is 10.7. The molecule has 0 radical (unpaired) electrons. The minimum Gasteiger partial charge on any atom is -0.494 e. The molecule has 8 rings (SSSR count). The molecule has 1 aliphatic carbocycles. The van der Waals surface area contributed by atoms with E-state index >= 15 is 0 Å². The second-order valence-corrected chi connectivity index (χ2v) is 12.8. The van der Waals surface area contributed by atoms with Gasteiger partial charge in [0, 0.05) is 86.3 Å². The zero-order valence-corrected chi connectivity index (χ0v) is 27.2. The number of fused-ring (bicyclic) bond motifs is 2. The standard InChI is InChI=1S/C36H39N9O3/c1-4-33(46)39-28-17-29(32(47-3)18-31(28)44-15-14-43-13-12-42(2)20-24(43)21-44)40-36-38-19-26(35-37-11-16-48-35)34(41-36)27-22-45(23-9-10-23)30-8-6-5-7-25(27)30/h4-8,11,16-19,22-24H,1,9-10,12-15,20-21H2,2-3H3,(H,39,46)(H,38,40,41). The van der Waals surface area contributed by atoms with Gasteiger partial charge in [-0.15, -0.1) is 0 Å². The molecule has 48 heavy (non-hydrogen) atoms. The number of piperazine rings is 2. The number of methoxy groups -OCH3 is 1. The second-order valence-electron chi connectivity index (χ2n) is 12.8. The van der Waals surface area contributed by atoms with Crippen LogP contribution >= 0.6 is 0 Å². The average Bonchev–Trinajstić information content (AvgIpc) is 3.66. The van der Waals surface area contributed by atoms with E-state index in [2.05, 4.69) is 77.9 Å². The van der Waals surface area contributed by atoms with Crippen molar-refractivity contribution < 1.29 is 13.9 Å². The first-order valence-corrected chi connectivity index (χ1v) is 16.5. The first kappa shape index (κ1) is 30.2. The summed E-state index contributed by atoms with van der Waals surface area (Å²) in [5.74, 6) is 1.14. The van der Waals surface area contributed by atoms with E-state index < -0.39 is 0 Å². The van der Waals surface area contributed by atoms with E-state index in [1.165, 1.54) is 11.6 Å². The van der Waals surface area contributed by atoms with Gasteiger partial charge in [-0.05, 0) is 38.1 Å². The maximum atomic E-state index is 12.7. The lowest BCUT2D eigenvalue weighted by Crippen LogP contribution is -2.61. The maximum Gasteiger partial charge on any atom is 0.247 e. The number of amides is 1. The summed E-state index contributed by atoms with van der Waals surface area (Å²) in [5, 5.41) is 7.53. The maximum absolute atomic E-state index is 12.7. The van der Waals surface area contributed by atoms with Crippen LogP contribution in [-0.4, -0.2) is 94.7 Å². The number of oxazole rings is 1. The quantitative estimate of drug-likeness (QED) is 0.202. The van der Waals surface area contributed by atoms with Crippen LogP contribution in [0.25, 0.3) is 33.6 Å². The molecule has 0 bridgehead atoms. The molecule has 5 aromatic rings. The van der Waals surface area contributed by atoms with Gasteiger partial charge in [-0.25, -0.2) is 15.0 Å². The van der Waals surface area contributed by atoms with Gasteiger partial charge in [-0.3, -0.25) is 9.69 Å². The van der Waals surface area contributed by atoms with Crippen LogP contribution in [0, 0.1) is 0 Å². The number of hydrogen-bond donors (Lipinski definition) is 2. The van der Waals surface area contributed by atoms with Gasteiger partial charge in [-0.1, -0.05) is 24.8 Å². The smallest absolute Gasteiger partial charge is 0.247 e. The molecule has 12 heteroatoms. The van der Waals surface area contributed by atoms with Gasteiger partial charge in [0.25, 0.3) is 0 Å². The molecule has 1 amide bonds. The van der Waals surface area contributed by atoms with Crippen molar-refractivity contribution in [3.63, 3.8) is 0 Å². The molecule has 12 nitrogen and oxygen atoms in total. The second kappa shape index (κ2) is 12.4. The largest absolute Gasteiger partial charge is 0.494 e. The molecule has 2 aliphatic heterocycles. The van der Waals surface area contributed by atoms with Crippen LogP contribution in [0.1, 0.15) is 18.9 Å². The van der Waals surface area contributed by atoms with Gasteiger partial charge >= 0.3 is 0 Å². The van der Waals surface area contributed by atoms with E-state index in [-0.39, 0.29) is 5.91 Å². The first-order valence-electron chi connectivity index (χ1n) is 16.5. The molecule has 2 saturated heterocycles. The van der Waals surface area contributed by atoms with Crippen molar-refractivity contribution in [3.8, 4) is 28.5 Å². The van der Waals surface area contributed by atoms with Crippen molar-refractivity contribution in [1.82, 2.24) is 29.3 Å². The van der Waals surface area contributed by atoms with Crippen molar-refractivity contribution in [1.29, 1.82) is 0 Å². The highest BCUT2D eigenvalue weighted by Crippen LogP contribution is 2.44. The number of para-hydroxylation sites is 1. The van der Waals surface area contributed by atoms with Gasteiger partial charge < -0.3 is 34.2 Å². The fourth-order valence-corrected chi connectivity index (χ4v) is 7.04. The lowest BCUT2D eigenvalue weighted by molar-refractivity contribution is -0.111. The summed E-state index contributed by atoms with van der Waals surface area (Å²) < 4.78 is 14.0. The summed E-state index contributed by atoms with van der Waals surface area (Å²) in [4.78, 5) is 34.1. The summed E-state index contributed by atoms with van der Waals surface area (Å²) in [5.41, 5.74) is 5.72. The van der Waals surface area contributed by atoms with Crippen LogP contribution in [0.2, 0.25) is 0 Å². The molecule has 1 saturated carbocycles. The van der Waals surface area contributed by atoms with E-state index in [9.17, 15) is 4.79 Å². The third-order valence-electron chi connectivity index (χ3n) is 9.63. The number of ether oxygens (including phenoxy) is 1. The molecule has 1 unspecified atom stereocenters. The number of benzene rings is 2. The number of anilines is 4. The molecular formula is C36H39N9O3. The van der Waals surface area contributed by atoms with E-state index in [0.29, 0.717) is 52.3 Å². The van der Waals surface area contributed by atoms with Gasteiger partial charge in [0.15, 0.2) is 0 Å². The summed E-state index contributed by atoms with van der Waals surface area (Å²) >= 11 is 0. The Morgan fingerprint density at radius 1 is 1.04 bits per heavy atom. The SMILES string of the molecule is C=CC(=O)Nc1cc(Nc2ncc(-c3ncco3)c(-c3cn(C4CC4)c4ccccc34)n2)c(OC)cc1N1CCN2CCN(C)CC2C1. The van der Waals surface area contributed by atoms with Crippen molar-refractivity contribution in [2.75, 3.05) is 69.0 Å². The Labute approximate surface area is 279 Å². The van der Waals surface area contributed by atoms with Crippen LogP contribution < -0.4 is 20.3 Å². The van der Waals surface area contributed by atoms with Crippen LogP contribution in [0.3, 0.4) is 0 Å². The van der Waals surface area contributed by atoms with Gasteiger partial charge in [0.1, 0.15) is 12.0 Å². The predicted molar refractivity (Wildman–Crippen MR) is 187 cm³/mol. The number of carbonyl (C=O) groups is 1. The lowest BCUT2D eigenvalue weighted by Gasteiger charge is -2.47. The average molecular weight is 646 g/mol. The number of nitrogens with one attached hydrogen (secondary N) is 2.